The van der Waals surface area contributed by atoms with Gasteiger partial charge in [-0.3, -0.25) is 22.1 Å². The smallest absolute Gasteiger partial charge is 0.216 e. The standard InChI is InChI=1S/C32H18N4O2.2C6H4N.2Pt/c1-3-15-33-29(11-1)25-13-17-35-31(21-25)37-27-9-5-7-23(19-27)24-8-6-10-28(20-24)38-32-22-26(14-18-36-32)30-12-2-4-16-34-30;2*1-2-7-5-3-4-6-7;;/h1-6,9-18,21-22H;2*3-6H;;/q-4;2*-1;;. The van der Waals surface area contributed by atoms with Crippen LogP contribution < -0.4 is 9.47 Å². The van der Waals surface area contributed by atoms with Gasteiger partial charge in [-0.15, -0.1) is 0 Å². The molecule has 0 radical (unpaired) electrons. The molecule has 270 valence electrons. The zero-order chi connectivity index (χ0) is 35.8. The van der Waals surface area contributed by atoms with Gasteiger partial charge >= 0.3 is 0 Å². The average Bonchev–Trinajstić information content (AvgIpc) is 3.95. The Kier molecular flexibility index (Phi) is 15.9. The summed E-state index contributed by atoms with van der Waals surface area (Å²) in [6.45, 7) is 0. The molecular weight excluding hydrogens is 1030 g/mol. The first-order valence-electron chi connectivity index (χ1n) is 15.8. The molecule has 6 aromatic heterocycles. The van der Waals surface area contributed by atoms with Gasteiger partial charge in [-0.2, -0.15) is 12.1 Å². The summed E-state index contributed by atoms with van der Waals surface area (Å²) in [6.07, 6.45) is 27.1. The number of pyridine rings is 4. The molecular formula is C44H26N6O2Pt2-6. The van der Waals surface area contributed by atoms with Crippen LogP contribution in [0.2, 0.25) is 0 Å². The van der Waals surface area contributed by atoms with Crippen molar-refractivity contribution in [1.29, 1.82) is 0 Å². The summed E-state index contributed by atoms with van der Waals surface area (Å²) in [4.78, 5) is 17.4. The van der Waals surface area contributed by atoms with Crippen molar-refractivity contribution in [2.75, 3.05) is 0 Å². The average molecular weight is 1060 g/mol. The Bertz CT molecular complexity index is 2220. The van der Waals surface area contributed by atoms with Crippen molar-refractivity contribution in [3.05, 3.63) is 196 Å². The zero-order valence-corrected chi connectivity index (χ0v) is 32.7. The third-order valence-corrected chi connectivity index (χ3v) is 6.96. The van der Waals surface area contributed by atoms with Gasteiger partial charge in [0.2, 0.25) is 11.8 Å². The molecule has 2 aromatic carbocycles. The maximum absolute atomic E-state index is 6.57. The molecule has 8 nitrogen and oxygen atoms in total. The van der Waals surface area contributed by atoms with E-state index < -0.39 is 0 Å². The quantitative estimate of drug-likeness (QED) is 0.117. The van der Waals surface area contributed by atoms with E-state index in [9.17, 15) is 0 Å². The maximum Gasteiger partial charge on any atom is 0.216 e. The van der Waals surface area contributed by atoms with Gasteiger partial charge in [-0.25, -0.2) is 22.1 Å². The van der Waals surface area contributed by atoms with Crippen LogP contribution in [0.25, 0.3) is 33.6 Å². The minimum Gasteiger partial charge on any atom is -0.669 e. The molecule has 0 aliphatic rings. The molecule has 0 spiro atoms. The van der Waals surface area contributed by atoms with Gasteiger partial charge in [0.1, 0.15) is 0 Å². The molecule has 8 rings (SSSR count). The van der Waals surface area contributed by atoms with E-state index in [1.165, 1.54) is 0 Å². The first-order chi connectivity index (χ1) is 25.7. The molecule has 6 heterocycles. The second kappa shape index (κ2) is 21.3. The summed E-state index contributed by atoms with van der Waals surface area (Å²) in [5, 5.41) is 0. The Hall–Kier alpha value is -6.30. The van der Waals surface area contributed by atoms with E-state index in [0.29, 0.717) is 34.4 Å². The fourth-order valence-electron chi connectivity index (χ4n) is 4.55. The van der Waals surface area contributed by atoms with Gasteiger partial charge in [-0.05, 0) is 60.7 Å². The fourth-order valence-corrected chi connectivity index (χ4v) is 4.55. The van der Waals surface area contributed by atoms with Gasteiger partial charge in [-0.1, -0.05) is 23.6 Å². The van der Waals surface area contributed by atoms with E-state index in [1.54, 1.807) is 83.0 Å². The Morgan fingerprint density at radius 1 is 0.500 bits per heavy atom. The summed E-state index contributed by atoms with van der Waals surface area (Å²) >= 11 is 0. The molecule has 10 heteroatoms. The van der Waals surface area contributed by atoms with Crippen LogP contribution in [0.3, 0.4) is 0 Å². The topological polar surface area (TPSA) is 79.9 Å². The Morgan fingerprint density at radius 2 is 0.926 bits per heavy atom. The van der Waals surface area contributed by atoms with Crippen molar-refractivity contribution in [2.24, 2.45) is 0 Å². The van der Waals surface area contributed by atoms with Crippen LogP contribution >= 0.6 is 0 Å². The summed E-state index contributed by atoms with van der Waals surface area (Å²) < 4.78 is 15.1. The second-order valence-electron chi connectivity index (χ2n) is 10.5. The Balaban J connectivity index is 0.000000340. The summed E-state index contributed by atoms with van der Waals surface area (Å²) in [6, 6.07) is 50.5. The molecule has 0 bridgehead atoms. The van der Waals surface area contributed by atoms with Crippen molar-refractivity contribution in [3.8, 4) is 69.0 Å². The van der Waals surface area contributed by atoms with E-state index in [0.717, 1.165) is 22.5 Å². The zero-order valence-electron chi connectivity index (χ0n) is 28.1. The summed E-state index contributed by atoms with van der Waals surface area (Å²) in [7, 11) is 0. The van der Waals surface area contributed by atoms with Crippen LogP contribution in [0.4, 0.5) is 0 Å². The Morgan fingerprint density at radius 3 is 1.28 bits per heavy atom. The van der Waals surface area contributed by atoms with E-state index in [-0.39, 0.29) is 42.1 Å². The van der Waals surface area contributed by atoms with Crippen LogP contribution in [0.5, 0.6) is 23.3 Å². The minimum absolute atomic E-state index is 0. The molecule has 0 fully saturated rings. The molecule has 8 aromatic rings. The molecule has 0 unspecified atom stereocenters. The molecule has 0 saturated carbocycles. The van der Waals surface area contributed by atoms with Crippen molar-refractivity contribution in [1.82, 2.24) is 29.1 Å². The number of hydrogen-bond donors (Lipinski definition) is 0. The molecule has 54 heavy (non-hydrogen) atoms. The van der Waals surface area contributed by atoms with Gasteiger partial charge < -0.3 is 66.8 Å². The van der Waals surface area contributed by atoms with Crippen LogP contribution in [0.15, 0.2) is 159 Å². The first kappa shape index (κ1) is 40.5. The van der Waals surface area contributed by atoms with Crippen LogP contribution in [-0.4, -0.2) is 29.1 Å². The SMILES string of the molecule is [C-]#Cn1cccc1.[C-]#Cn1cccc1.[Pt].[Pt].[c-]1ccc(Oc2cc(-c3ccccn3)ccn2)[c-]c1-c1[c-]ccc(Oc2cc(-c3ccccn3)ccn2)[c-]1. The number of rotatable bonds is 7. The van der Waals surface area contributed by atoms with Crippen LogP contribution in [0, 0.1) is 49.2 Å². The maximum atomic E-state index is 6.57. The van der Waals surface area contributed by atoms with Gasteiger partial charge in [0, 0.05) is 115 Å². The fraction of sp³-hybridized carbons (Fsp3) is 0. The first-order valence-corrected chi connectivity index (χ1v) is 15.8. The van der Waals surface area contributed by atoms with E-state index in [2.05, 4.69) is 56.3 Å². The predicted molar refractivity (Wildman–Crippen MR) is 196 cm³/mol. The summed E-state index contributed by atoms with van der Waals surface area (Å²) in [5.74, 6) is 1.85. The number of aromatic nitrogens is 6. The van der Waals surface area contributed by atoms with Gasteiger partial charge in [0.25, 0.3) is 0 Å². The van der Waals surface area contributed by atoms with Gasteiger partial charge in [0.15, 0.2) is 0 Å². The molecule has 0 saturated heterocycles. The van der Waals surface area contributed by atoms with E-state index >= 15 is 0 Å². The number of nitrogens with zero attached hydrogens (tertiary/aromatic N) is 6. The monoisotopic (exact) mass is 1060 g/mol. The van der Waals surface area contributed by atoms with Crippen molar-refractivity contribution in [3.63, 3.8) is 0 Å². The number of benzene rings is 2. The van der Waals surface area contributed by atoms with E-state index in [1.807, 2.05) is 84.9 Å². The third kappa shape index (κ3) is 11.9. The Labute approximate surface area is 343 Å². The molecule has 0 aliphatic carbocycles. The van der Waals surface area contributed by atoms with Crippen LogP contribution in [-0.2, 0) is 42.1 Å². The molecule has 0 amide bonds. The van der Waals surface area contributed by atoms with Crippen molar-refractivity contribution in [2.45, 2.75) is 0 Å². The number of ether oxygens (including phenoxy) is 2. The molecule has 0 N–H and O–H groups in total. The van der Waals surface area contributed by atoms with Gasteiger partial charge in [0.05, 0.1) is 11.4 Å². The minimum atomic E-state index is 0. The summed E-state index contributed by atoms with van der Waals surface area (Å²) in [5.41, 5.74) is 4.75. The van der Waals surface area contributed by atoms with E-state index in [4.69, 9.17) is 22.3 Å². The largest absolute Gasteiger partial charge is 0.669 e. The predicted octanol–water partition coefficient (Wildman–Crippen LogP) is 8.81. The normalized spacial score (nSPS) is 9.52. The second-order valence-corrected chi connectivity index (χ2v) is 10.5. The molecule has 0 aliphatic heterocycles. The van der Waals surface area contributed by atoms with Crippen molar-refractivity contribution >= 4 is 0 Å². The third-order valence-electron chi connectivity index (χ3n) is 6.96. The number of hydrogen-bond acceptors (Lipinski definition) is 6. The van der Waals surface area contributed by atoms with Crippen LogP contribution in [0.1, 0.15) is 0 Å². The van der Waals surface area contributed by atoms with Crippen molar-refractivity contribution < 1.29 is 51.6 Å². The molecule has 0 atom stereocenters.